The van der Waals surface area contributed by atoms with Gasteiger partial charge in [0.05, 0.1) is 6.54 Å². The van der Waals surface area contributed by atoms with Crippen molar-refractivity contribution in [3.63, 3.8) is 0 Å². The second-order valence-corrected chi connectivity index (χ2v) is 5.45. The van der Waals surface area contributed by atoms with Gasteiger partial charge in [-0.2, -0.15) is 0 Å². The third-order valence-electron chi connectivity index (χ3n) is 3.41. The Balaban J connectivity index is 1.99. The van der Waals surface area contributed by atoms with Crippen molar-refractivity contribution in [1.82, 2.24) is 9.13 Å². The van der Waals surface area contributed by atoms with Gasteiger partial charge in [-0.05, 0) is 42.0 Å². The summed E-state index contributed by atoms with van der Waals surface area (Å²) in [5.41, 5.74) is -0.192. The third-order valence-corrected chi connectivity index (χ3v) is 3.66. The molecular weight excluding hydrogens is 319 g/mol. The van der Waals surface area contributed by atoms with Crippen LogP contribution in [0.3, 0.4) is 0 Å². The van der Waals surface area contributed by atoms with Crippen LogP contribution in [0.15, 0.2) is 70.5 Å². The van der Waals surface area contributed by atoms with Gasteiger partial charge in [-0.1, -0.05) is 23.7 Å². The van der Waals surface area contributed by atoms with Crippen molar-refractivity contribution in [2.45, 2.75) is 6.54 Å². The monoisotopic (exact) mass is 330 g/mol. The van der Waals surface area contributed by atoms with Gasteiger partial charge in [-0.25, -0.2) is 4.39 Å². The lowest BCUT2D eigenvalue weighted by atomic mass is 10.2. The zero-order valence-corrected chi connectivity index (χ0v) is 12.7. The maximum absolute atomic E-state index is 13.2. The van der Waals surface area contributed by atoms with E-state index in [1.54, 1.807) is 36.4 Å². The predicted octanol–water partition coefficient (Wildman–Crippen LogP) is 2.84. The quantitative estimate of drug-likeness (QED) is 0.693. The summed E-state index contributed by atoms with van der Waals surface area (Å²) < 4.78 is 15.7. The first-order valence-electron chi connectivity index (χ1n) is 6.87. The molecular formula is C17H12ClFN2O2. The molecule has 1 heterocycles. The van der Waals surface area contributed by atoms with Crippen LogP contribution in [0.1, 0.15) is 5.56 Å². The highest BCUT2D eigenvalue weighted by Gasteiger charge is 2.07. The van der Waals surface area contributed by atoms with E-state index in [-0.39, 0.29) is 12.4 Å². The van der Waals surface area contributed by atoms with Gasteiger partial charge >= 0.3 is 11.1 Å². The molecule has 23 heavy (non-hydrogen) atoms. The zero-order valence-electron chi connectivity index (χ0n) is 11.9. The summed E-state index contributed by atoms with van der Waals surface area (Å²) >= 11 is 5.81. The summed E-state index contributed by atoms with van der Waals surface area (Å²) in [5.74, 6) is -0.384. The molecule has 1 aromatic heterocycles. The molecule has 0 bridgehead atoms. The zero-order chi connectivity index (χ0) is 16.4. The molecule has 0 unspecified atom stereocenters. The highest BCUT2D eigenvalue weighted by molar-refractivity contribution is 6.30. The Morgan fingerprint density at radius 3 is 2.39 bits per heavy atom. The lowest BCUT2D eigenvalue weighted by Gasteiger charge is -2.09. The van der Waals surface area contributed by atoms with Crippen molar-refractivity contribution in [1.29, 1.82) is 0 Å². The minimum atomic E-state index is -0.675. The van der Waals surface area contributed by atoms with Crippen LogP contribution in [0.4, 0.5) is 4.39 Å². The fraction of sp³-hybridized carbons (Fsp3) is 0.0588. The van der Waals surface area contributed by atoms with E-state index in [2.05, 4.69) is 0 Å². The molecule has 0 aliphatic heterocycles. The molecule has 2 aromatic carbocycles. The topological polar surface area (TPSA) is 44.0 Å². The first-order valence-corrected chi connectivity index (χ1v) is 7.25. The number of aromatic nitrogens is 2. The molecule has 4 nitrogen and oxygen atoms in total. The lowest BCUT2D eigenvalue weighted by Crippen LogP contribution is -2.40. The van der Waals surface area contributed by atoms with Crippen LogP contribution in [0, 0.1) is 5.82 Å². The van der Waals surface area contributed by atoms with E-state index >= 15 is 0 Å². The largest absolute Gasteiger partial charge is 0.320 e. The van der Waals surface area contributed by atoms with Crippen molar-refractivity contribution in [3.8, 4) is 5.69 Å². The molecule has 3 aromatic rings. The number of hydrogen-bond acceptors (Lipinski definition) is 2. The summed E-state index contributed by atoms with van der Waals surface area (Å²) in [4.78, 5) is 24.5. The average molecular weight is 331 g/mol. The Bertz CT molecular complexity index is 961. The second-order valence-electron chi connectivity index (χ2n) is 5.01. The van der Waals surface area contributed by atoms with E-state index in [1.807, 2.05) is 0 Å². The van der Waals surface area contributed by atoms with E-state index in [4.69, 9.17) is 11.6 Å². The molecule has 3 rings (SSSR count). The highest BCUT2D eigenvalue weighted by atomic mass is 35.5. The molecule has 0 radical (unpaired) electrons. The number of nitrogens with zero attached hydrogens (tertiary/aromatic N) is 2. The van der Waals surface area contributed by atoms with Crippen molar-refractivity contribution in [2.75, 3.05) is 0 Å². The van der Waals surface area contributed by atoms with Gasteiger partial charge in [-0.15, -0.1) is 0 Å². The SMILES string of the molecule is O=c1c(=O)n(-c2ccc(Cl)cc2)ccn1Cc1cccc(F)c1. The smallest absolute Gasteiger partial charge is 0.305 e. The maximum atomic E-state index is 13.2. The van der Waals surface area contributed by atoms with Crippen LogP contribution in [0.2, 0.25) is 5.02 Å². The molecule has 0 saturated carbocycles. The van der Waals surface area contributed by atoms with Crippen molar-refractivity contribution in [3.05, 3.63) is 98.0 Å². The molecule has 0 aliphatic carbocycles. The lowest BCUT2D eigenvalue weighted by molar-refractivity contribution is 0.622. The van der Waals surface area contributed by atoms with E-state index in [0.29, 0.717) is 16.3 Å². The molecule has 0 spiro atoms. The minimum Gasteiger partial charge on any atom is -0.305 e. The van der Waals surface area contributed by atoms with E-state index in [1.165, 1.54) is 33.7 Å². The van der Waals surface area contributed by atoms with Crippen molar-refractivity contribution >= 4 is 11.6 Å². The molecule has 0 aliphatic rings. The number of halogens is 2. The van der Waals surface area contributed by atoms with Gasteiger partial charge in [0.1, 0.15) is 5.82 Å². The number of rotatable bonds is 3. The number of hydrogen-bond donors (Lipinski definition) is 0. The Morgan fingerprint density at radius 1 is 0.957 bits per heavy atom. The standard InChI is InChI=1S/C17H12ClFN2O2/c18-13-4-6-15(7-5-13)21-9-8-20(16(22)17(21)23)11-12-2-1-3-14(19)10-12/h1-10H,11H2. The van der Waals surface area contributed by atoms with Crippen LogP contribution in [-0.2, 0) is 6.54 Å². The fourth-order valence-electron chi connectivity index (χ4n) is 2.27. The third kappa shape index (κ3) is 3.24. The van der Waals surface area contributed by atoms with Gasteiger partial charge in [0.2, 0.25) is 0 Å². The minimum absolute atomic E-state index is 0.132. The summed E-state index contributed by atoms with van der Waals surface area (Å²) in [7, 11) is 0. The van der Waals surface area contributed by atoms with Gasteiger partial charge in [0, 0.05) is 23.1 Å². The van der Waals surface area contributed by atoms with Gasteiger partial charge in [-0.3, -0.25) is 14.2 Å². The molecule has 0 atom stereocenters. The van der Waals surface area contributed by atoms with Crippen LogP contribution < -0.4 is 11.1 Å². The van der Waals surface area contributed by atoms with E-state index in [9.17, 15) is 14.0 Å². The van der Waals surface area contributed by atoms with Crippen molar-refractivity contribution < 1.29 is 4.39 Å². The number of benzene rings is 2. The first-order chi connectivity index (χ1) is 11.0. The average Bonchev–Trinajstić information content (AvgIpc) is 2.53. The molecule has 0 N–H and O–H groups in total. The van der Waals surface area contributed by atoms with Crippen LogP contribution in [0.25, 0.3) is 5.69 Å². The summed E-state index contributed by atoms with van der Waals surface area (Å²) in [6.45, 7) is 0.132. The first kappa shape index (κ1) is 15.2. The van der Waals surface area contributed by atoms with Crippen LogP contribution >= 0.6 is 11.6 Å². The summed E-state index contributed by atoms with van der Waals surface area (Å²) in [5, 5.41) is 0.543. The molecule has 0 amide bonds. The van der Waals surface area contributed by atoms with Gasteiger partial charge < -0.3 is 4.57 Å². The van der Waals surface area contributed by atoms with E-state index in [0.717, 1.165) is 0 Å². The second kappa shape index (κ2) is 6.22. The van der Waals surface area contributed by atoms with E-state index < -0.39 is 11.1 Å². The van der Waals surface area contributed by atoms with Crippen LogP contribution in [0.5, 0.6) is 0 Å². The van der Waals surface area contributed by atoms with Gasteiger partial charge in [0.25, 0.3) is 0 Å². The predicted molar refractivity (Wildman–Crippen MR) is 86.8 cm³/mol. The Morgan fingerprint density at radius 2 is 1.70 bits per heavy atom. The maximum Gasteiger partial charge on any atom is 0.320 e. The molecule has 0 fully saturated rings. The normalized spacial score (nSPS) is 10.7. The van der Waals surface area contributed by atoms with Crippen molar-refractivity contribution in [2.24, 2.45) is 0 Å². The molecule has 0 saturated heterocycles. The Hall–Kier alpha value is -2.66. The highest BCUT2D eigenvalue weighted by Crippen LogP contribution is 2.11. The van der Waals surface area contributed by atoms with Crippen LogP contribution in [-0.4, -0.2) is 9.13 Å². The van der Waals surface area contributed by atoms with Gasteiger partial charge in [0.15, 0.2) is 0 Å². The Labute approximate surface area is 136 Å². The summed E-state index contributed by atoms with van der Waals surface area (Å²) in [6.07, 6.45) is 3.01. The summed E-state index contributed by atoms with van der Waals surface area (Å²) in [6, 6.07) is 12.5. The Kier molecular flexibility index (Phi) is 4.12. The molecule has 6 heteroatoms. The fourth-order valence-corrected chi connectivity index (χ4v) is 2.40. The molecule has 116 valence electrons.